The van der Waals surface area contributed by atoms with Gasteiger partial charge < -0.3 is 19.5 Å². The molecule has 3 aromatic rings. The van der Waals surface area contributed by atoms with Crippen LogP contribution in [0.3, 0.4) is 0 Å². The number of rotatable bonds is 9. The lowest BCUT2D eigenvalue weighted by atomic mass is 10.2. The molecule has 0 saturated carbocycles. The lowest BCUT2D eigenvalue weighted by Gasteiger charge is -2.23. The first-order chi connectivity index (χ1) is 14.1. The average molecular weight is 413 g/mol. The molecule has 3 rings (SSSR count). The molecule has 7 heteroatoms. The highest BCUT2D eigenvalue weighted by Gasteiger charge is 2.14. The minimum absolute atomic E-state index is 0.146. The molecule has 0 fully saturated rings. The molecule has 6 nitrogen and oxygen atoms in total. The maximum atomic E-state index is 12.9. The quantitative estimate of drug-likeness (QED) is 0.534. The van der Waals surface area contributed by atoms with Crippen LogP contribution in [0.15, 0.2) is 67.3 Å². The summed E-state index contributed by atoms with van der Waals surface area (Å²) in [6.45, 7) is 4.51. The molecule has 0 saturated heterocycles. The first-order valence-electron chi connectivity index (χ1n) is 9.63. The molecule has 2 amide bonds. The van der Waals surface area contributed by atoms with Crippen LogP contribution < -0.4 is 10.1 Å². The number of aromatic nitrogens is 2. The van der Waals surface area contributed by atoms with E-state index in [0.717, 1.165) is 24.3 Å². The first kappa shape index (κ1) is 20.7. The van der Waals surface area contributed by atoms with Gasteiger partial charge in [-0.1, -0.05) is 23.7 Å². The van der Waals surface area contributed by atoms with Crippen molar-refractivity contribution in [2.24, 2.45) is 0 Å². The summed E-state index contributed by atoms with van der Waals surface area (Å²) >= 11 is 5.93. The number of carbonyl (C=O) groups excluding carboxylic acids is 1. The Morgan fingerprint density at radius 1 is 1.17 bits per heavy atom. The minimum atomic E-state index is -0.146. The maximum absolute atomic E-state index is 12.9. The lowest BCUT2D eigenvalue weighted by molar-refractivity contribution is 0.207. The van der Waals surface area contributed by atoms with Gasteiger partial charge in [-0.25, -0.2) is 9.78 Å². The van der Waals surface area contributed by atoms with E-state index in [0.29, 0.717) is 30.4 Å². The van der Waals surface area contributed by atoms with Gasteiger partial charge in [-0.2, -0.15) is 0 Å². The van der Waals surface area contributed by atoms with Crippen LogP contribution in [-0.4, -0.2) is 33.6 Å². The number of amides is 2. The molecular formula is C22H25ClN4O2. The zero-order chi connectivity index (χ0) is 20.5. The molecule has 152 valence electrons. The zero-order valence-electron chi connectivity index (χ0n) is 16.4. The Kier molecular flexibility index (Phi) is 7.53. The molecular weight excluding hydrogens is 388 g/mol. The number of anilines is 1. The molecule has 0 atom stereocenters. The van der Waals surface area contributed by atoms with E-state index in [9.17, 15) is 4.79 Å². The normalized spacial score (nSPS) is 10.6. The third-order valence-electron chi connectivity index (χ3n) is 4.39. The van der Waals surface area contributed by atoms with Gasteiger partial charge in [-0.15, -0.1) is 0 Å². The highest BCUT2D eigenvalue weighted by atomic mass is 35.5. The van der Waals surface area contributed by atoms with Gasteiger partial charge in [-0.3, -0.25) is 0 Å². The number of benzene rings is 2. The number of nitrogens with zero attached hydrogens (tertiary/aromatic N) is 3. The number of imidazole rings is 1. The number of nitrogens with one attached hydrogen (secondary N) is 1. The largest absolute Gasteiger partial charge is 0.494 e. The number of urea groups is 1. The highest BCUT2D eigenvalue weighted by molar-refractivity contribution is 6.30. The van der Waals surface area contributed by atoms with Crippen LogP contribution in [0, 0.1) is 0 Å². The second-order valence-electron chi connectivity index (χ2n) is 6.59. The predicted molar refractivity (Wildman–Crippen MR) is 115 cm³/mol. The fraction of sp³-hybridized carbons (Fsp3) is 0.273. The molecule has 0 bridgehead atoms. The molecule has 0 aliphatic carbocycles. The summed E-state index contributed by atoms with van der Waals surface area (Å²) in [5, 5.41) is 3.58. The van der Waals surface area contributed by atoms with Crippen LogP contribution >= 0.6 is 11.6 Å². The molecule has 1 heterocycles. The Morgan fingerprint density at radius 3 is 2.59 bits per heavy atom. The zero-order valence-corrected chi connectivity index (χ0v) is 17.2. The van der Waals surface area contributed by atoms with E-state index in [1.165, 1.54) is 0 Å². The molecule has 1 N–H and O–H groups in total. The average Bonchev–Trinajstić information content (AvgIpc) is 3.24. The van der Waals surface area contributed by atoms with E-state index in [4.69, 9.17) is 16.3 Å². The van der Waals surface area contributed by atoms with E-state index < -0.39 is 0 Å². The summed E-state index contributed by atoms with van der Waals surface area (Å²) in [7, 11) is 0. The smallest absolute Gasteiger partial charge is 0.322 e. The van der Waals surface area contributed by atoms with Crippen molar-refractivity contribution in [1.82, 2.24) is 14.5 Å². The second-order valence-corrected chi connectivity index (χ2v) is 7.03. The predicted octanol–water partition coefficient (Wildman–Crippen LogP) is 5.06. The van der Waals surface area contributed by atoms with Gasteiger partial charge in [0.15, 0.2) is 0 Å². The summed E-state index contributed by atoms with van der Waals surface area (Å²) in [5.74, 6) is 0.827. The number of carbonyl (C=O) groups is 1. The lowest BCUT2D eigenvalue weighted by Crippen LogP contribution is -2.35. The van der Waals surface area contributed by atoms with Gasteiger partial charge in [0.05, 0.1) is 12.9 Å². The summed E-state index contributed by atoms with van der Waals surface area (Å²) in [5.41, 5.74) is 1.76. The van der Waals surface area contributed by atoms with Gasteiger partial charge in [-0.05, 0) is 55.3 Å². The monoisotopic (exact) mass is 412 g/mol. The van der Waals surface area contributed by atoms with E-state index in [1.54, 1.807) is 41.7 Å². The first-order valence-corrected chi connectivity index (χ1v) is 10.0. The standard InChI is InChI=1S/C22H25ClN4O2/c1-2-29-21-10-4-18(5-11-21)16-27(14-3-13-26-15-12-24-17-26)22(28)25-20-8-6-19(23)7-9-20/h4-12,15,17H,2-3,13-14,16H2,1H3,(H,25,28). The SMILES string of the molecule is CCOc1ccc(CN(CCCn2ccnc2)C(=O)Nc2ccc(Cl)cc2)cc1. The van der Waals surface area contributed by atoms with Crippen LogP contribution in [0.2, 0.25) is 5.02 Å². The van der Waals surface area contributed by atoms with Crippen molar-refractivity contribution in [1.29, 1.82) is 0 Å². The number of ether oxygens (including phenoxy) is 1. The highest BCUT2D eigenvalue weighted by Crippen LogP contribution is 2.17. The van der Waals surface area contributed by atoms with E-state index in [2.05, 4.69) is 10.3 Å². The molecule has 29 heavy (non-hydrogen) atoms. The van der Waals surface area contributed by atoms with Crippen molar-refractivity contribution in [3.63, 3.8) is 0 Å². The van der Waals surface area contributed by atoms with Crippen molar-refractivity contribution in [2.75, 3.05) is 18.5 Å². The van der Waals surface area contributed by atoms with Crippen LogP contribution in [-0.2, 0) is 13.1 Å². The molecule has 0 aliphatic rings. The van der Waals surface area contributed by atoms with Gasteiger partial charge in [0.25, 0.3) is 0 Å². The van der Waals surface area contributed by atoms with E-state index in [-0.39, 0.29) is 6.03 Å². The fourth-order valence-electron chi connectivity index (χ4n) is 2.93. The third kappa shape index (κ3) is 6.54. The number of hydrogen-bond donors (Lipinski definition) is 1. The van der Waals surface area contributed by atoms with Crippen molar-refractivity contribution < 1.29 is 9.53 Å². The van der Waals surface area contributed by atoms with Gasteiger partial charge in [0.1, 0.15) is 5.75 Å². The van der Waals surface area contributed by atoms with Crippen LogP contribution in [0.1, 0.15) is 18.9 Å². The Balaban J connectivity index is 1.65. The fourth-order valence-corrected chi connectivity index (χ4v) is 3.06. The molecule has 1 aromatic heterocycles. The van der Waals surface area contributed by atoms with Gasteiger partial charge in [0.2, 0.25) is 0 Å². The van der Waals surface area contributed by atoms with Gasteiger partial charge >= 0.3 is 6.03 Å². The van der Waals surface area contributed by atoms with Crippen molar-refractivity contribution >= 4 is 23.3 Å². The van der Waals surface area contributed by atoms with Crippen molar-refractivity contribution in [3.05, 3.63) is 77.8 Å². The Hall–Kier alpha value is -2.99. The van der Waals surface area contributed by atoms with Crippen molar-refractivity contribution in [2.45, 2.75) is 26.4 Å². The summed E-state index contributed by atoms with van der Waals surface area (Å²) in [6.07, 6.45) is 6.28. The van der Waals surface area contributed by atoms with Crippen molar-refractivity contribution in [3.8, 4) is 5.75 Å². The Labute approximate surface area is 176 Å². The molecule has 0 radical (unpaired) electrons. The Morgan fingerprint density at radius 2 is 1.93 bits per heavy atom. The van der Waals surface area contributed by atoms with Crippen LogP contribution in [0.25, 0.3) is 0 Å². The minimum Gasteiger partial charge on any atom is -0.494 e. The molecule has 2 aromatic carbocycles. The third-order valence-corrected chi connectivity index (χ3v) is 4.65. The van der Waals surface area contributed by atoms with Crippen LogP contribution in [0.4, 0.5) is 10.5 Å². The van der Waals surface area contributed by atoms with Gasteiger partial charge in [0, 0.05) is 42.7 Å². The number of halogens is 1. The second kappa shape index (κ2) is 10.5. The molecule has 0 unspecified atom stereocenters. The molecule has 0 spiro atoms. The van der Waals surface area contributed by atoms with E-state index in [1.807, 2.05) is 42.0 Å². The van der Waals surface area contributed by atoms with Crippen LogP contribution in [0.5, 0.6) is 5.75 Å². The number of aryl methyl sites for hydroxylation is 1. The summed E-state index contributed by atoms with van der Waals surface area (Å²) in [6, 6.07) is 14.8. The summed E-state index contributed by atoms with van der Waals surface area (Å²) < 4.78 is 7.50. The topological polar surface area (TPSA) is 59.4 Å². The number of hydrogen-bond acceptors (Lipinski definition) is 3. The molecule has 0 aliphatic heterocycles. The van der Waals surface area contributed by atoms with E-state index >= 15 is 0 Å². The maximum Gasteiger partial charge on any atom is 0.322 e. The summed E-state index contributed by atoms with van der Waals surface area (Å²) in [4.78, 5) is 18.8. The Bertz CT molecular complexity index is 880.